The molecule has 9 heteroatoms. The van der Waals surface area contributed by atoms with Crippen LogP contribution in [0, 0.1) is 11.7 Å². The molecule has 5 heterocycles. The molecule has 2 aromatic heterocycles. The Kier molecular flexibility index (Phi) is 6.43. The molecular formula is C31H34FN5O3. The third kappa shape index (κ3) is 4.32. The molecule has 1 N–H and O–H groups in total. The van der Waals surface area contributed by atoms with Crippen LogP contribution in [0.15, 0.2) is 42.6 Å². The second-order valence-corrected chi connectivity index (χ2v) is 11.5. The second kappa shape index (κ2) is 10.1. The minimum Gasteiger partial charge on any atom is -0.508 e. The first-order chi connectivity index (χ1) is 19.5. The molecule has 0 bridgehead atoms. The number of methoxy groups -OCH3 is 1. The first-order valence-electron chi connectivity index (χ1n) is 14.2. The zero-order chi connectivity index (χ0) is 27.3. The van der Waals surface area contributed by atoms with E-state index in [0.29, 0.717) is 35.9 Å². The maximum absolute atomic E-state index is 16.5. The van der Waals surface area contributed by atoms with Crippen LogP contribution >= 0.6 is 0 Å². The van der Waals surface area contributed by atoms with Gasteiger partial charge >= 0.3 is 6.01 Å². The molecule has 1 unspecified atom stereocenters. The van der Waals surface area contributed by atoms with Crippen molar-refractivity contribution in [3.05, 3.63) is 48.4 Å². The van der Waals surface area contributed by atoms with Gasteiger partial charge in [-0.3, -0.25) is 9.88 Å². The van der Waals surface area contributed by atoms with Crippen molar-refractivity contribution in [1.29, 1.82) is 0 Å². The summed E-state index contributed by atoms with van der Waals surface area (Å²) in [4.78, 5) is 18.8. The molecule has 0 radical (unpaired) electrons. The molecule has 8 nitrogen and oxygen atoms in total. The molecule has 208 valence electrons. The summed E-state index contributed by atoms with van der Waals surface area (Å²) in [5, 5.41) is 12.6. The molecule has 0 saturated carbocycles. The predicted octanol–water partition coefficient (Wildman–Crippen LogP) is 5.17. The Hall–Kier alpha value is -3.56. The number of hydrogen-bond acceptors (Lipinski definition) is 8. The van der Waals surface area contributed by atoms with Gasteiger partial charge in [0, 0.05) is 37.9 Å². The van der Waals surface area contributed by atoms with Gasteiger partial charge in [-0.1, -0.05) is 24.3 Å². The Balaban J connectivity index is 1.33. The molecule has 0 aliphatic carbocycles. The lowest BCUT2D eigenvalue weighted by atomic mass is 9.95. The lowest BCUT2D eigenvalue weighted by molar-refractivity contribution is 0.108. The van der Waals surface area contributed by atoms with E-state index in [1.165, 1.54) is 12.8 Å². The van der Waals surface area contributed by atoms with Gasteiger partial charge in [0.2, 0.25) is 0 Å². The highest BCUT2D eigenvalue weighted by Crippen LogP contribution is 2.40. The normalized spacial score (nSPS) is 20.6. The number of halogens is 1. The van der Waals surface area contributed by atoms with Crippen molar-refractivity contribution in [2.24, 2.45) is 5.92 Å². The number of aromatic hydroxyl groups is 1. The number of phenolic OH excluding ortho intramolecular Hbond substituents is 1. The Morgan fingerprint density at radius 1 is 1.07 bits per heavy atom. The highest BCUT2D eigenvalue weighted by molar-refractivity contribution is 5.99. The minimum atomic E-state index is -0.545. The van der Waals surface area contributed by atoms with E-state index in [2.05, 4.69) is 19.8 Å². The van der Waals surface area contributed by atoms with E-state index in [9.17, 15) is 5.11 Å². The summed E-state index contributed by atoms with van der Waals surface area (Å²) in [7, 11) is 1.72. The van der Waals surface area contributed by atoms with Crippen LogP contribution in [0.5, 0.6) is 11.8 Å². The van der Waals surface area contributed by atoms with Gasteiger partial charge in [-0.15, -0.1) is 0 Å². The summed E-state index contributed by atoms with van der Waals surface area (Å²) in [6.45, 7) is 4.92. The molecule has 3 aliphatic heterocycles. The van der Waals surface area contributed by atoms with Crippen molar-refractivity contribution in [1.82, 2.24) is 19.9 Å². The fourth-order valence-corrected chi connectivity index (χ4v) is 7.06. The molecule has 40 heavy (non-hydrogen) atoms. The van der Waals surface area contributed by atoms with Crippen molar-refractivity contribution >= 4 is 27.5 Å². The largest absolute Gasteiger partial charge is 0.508 e. The number of nitrogens with zero attached hydrogens (tertiary/aromatic N) is 5. The first kappa shape index (κ1) is 25.4. The molecule has 3 fully saturated rings. The number of rotatable bonds is 7. The van der Waals surface area contributed by atoms with Crippen LogP contribution in [0.2, 0.25) is 0 Å². The fourth-order valence-electron chi connectivity index (χ4n) is 7.06. The average Bonchev–Trinajstić information content (AvgIpc) is 3.68. The van der Waals surface area contributed by atoms with Crippen molar-refractivity contribution in [3.63, 3.8) is 0 Å². The smallest absolute Gasteiger partial charge is 0.319 e. The lowest BCUT2D eigenvalue weighted by Crippen LogP contribution is -2.43. The highest BCUT2D eigenvalue weighted by Gasteiger charge is 2.45. The Labute approximate surface area is 232 Å². The van der Waals surface area contributed by atoms with Gasteiger partial charge in [0.15, 0.2) is 5.82 Å². The topological polar surface area (TPSA) is 83.8 Å². The number of hydrogen-bond donors (Lipinski definition) is 1. The maximum Gasteiger partial charge on any atom is 0.319 e. The highest BCUT2D eigenvalue weighted by atomic mass is 19.1. The van der Waals surface area contributed by atoms with Crippen LogP contribution in [-0.2, 0) is 4.74 Å². The van der Waals surface area contributed by atoms with E-state index in [1.807, 2.05) is 24.3 Å². The number of pyridine rings is 1. The van der Waals surface area contributed by atoms with E-state index in [-0.39, 0.29) is 28.5 Å². The SMILES string of the molecule is COCC1CCN(c2nc(OCC34CCCN3CCC4)nc3c(F)c(-c4cc(O)cc5ccccc45)ncc23)C1. The van der Waals surface area contributed by atoms with Crippen LogP contribution in [0.4, 0.5) is 10.2 Å². The number of phenols is 1. The van der Waals surface area contributed by atoms with Crippen LogP contribution in [0.25, 0.3) is 32.9 Å². The van der Waals surface area contributed by atoms with Crippen molar-refractivity contribution in [3.8, 4) is 23.0 Å². The second-order valence-electron chi connectivity index (χ2n) is 11.5. The number of fused-ring (bicyclic) bond motifs is 3. The Morgan fingerprint density at radius 2 is 1.90 bits per heavy atom. The number of ether oxygens (including phenoxy) is 2. The van der Waals surface area contributed by atoms with Gasteiger partial charge in [0.1, 0.15) is 29.4 Å². The number of anilines is 1. The van der Waals surface area contributed by atoms with Crippen molar-refractivity contribution < 1.29 is 19.0 Å². The third-order valence-electron chi connectivity index (χ3n) is 9.01. The summed E-state index contributed by atoms with van der Waals surface area (Å²) in [6, 6.07) is 11.0. The monoisotopic (exact) mass is 543 g/mol. The van der Waals surface area contributed by atoms with E-state index in [0.717, 1.165) is 56.2 Å². The van der Waals surface area contributed by atoms with Crippen LogP contribution < -0.4 is 9.64 Å². The molecule has 0 amide bonds. The molecule has 1 atom stereocenters. The summed E-state index contributed by atoms with van der Waals surface area (Å²) in [5.41, 5.74) is 0.869. The van der Waals surface area contributed by atoms with E-state index < -0.39 is 5.82 Å². The standard InChI is InChI=1S/C31H34FN5O3/c1-39-18-20-8-13-36(17-20)29-25-16-33-27(24-15-22(38)14-21-6-2-3-7-23(21)24)26(32)28(25)34-30(35-29)40-19-31-9-4-11-37(31)12-5-10-31/h2-3,6-7,14-16,20,38H,4-5,8-13,17-19H2,1H3. The maximum atomic E-state index is 16.5. The van der Waals surface area contributed by atoms with Crippen molar-refractivity contribution in [2.75, 3.05) is 51.4 Å². The predicted molar refractivity (Wildman–Crippen MR) is 152 cm³/mol. The Bertz CT molecular complexity index is 1570. The summed E-state index contributed by atoms with van der Waals surface area (Å²) in [5.74, 6) is 0.528. The zero-order valence-electron chi connectivity index (χ0n) is 22.8. The van der Waals surface area contributed by atoms with Gasteiger partial charge in [-0.05, 0) is 68.1 Å². The molecular weight excluding hydrogens is 509 g/mol. The Morgan fingerprint density at radius 3 is 2.73 bits per heavy atom. The molecule has 0 spiro atoms. The van der Waals surface area contributed by atoms with E-state index >= 15 is 4.39 Å². The van der Waals surface area contributed by atoms with Gasteiger partial charge in [0.05, 0.1) is 17.5 Å². The van der Waals surface area contributed by atoms with Crippen molar-refractivity contribution in [2.45, 2.75) is 37.6 Å². The van der Waals surface area contributed by atoms with E-state index in [1.54, 1.807) is 25.4 Å². The summed E-state index contributed by atoms with van der Waals surface area (Å²) >= 11 is 0. The van der Waals surface area contributed by atoms with Crippen LogP contribution in [0.3, 0.4) is 0 Å². The molecule has 4 aromatic rings. The third-order valence-corrected chi connectivity index (χ3v) is 9.01. The number of benzene rings is 2. The first-order valence-corrected chi connectivity index (χ1v) is 14.2. The van der Waals surface area contributed by atoms with Gasteiger partial charge < -0.3 is 19.5 Å². The lowest BCUT2D eigenvalue weighted by Gasteiger charge is -2.31. The van der Waals surface area contributed by atoms with Gasteiger partial charge in [-0.2, -0.15) is 9.97 Å². The summed E-state index contributed by atoms with van der Waals surface area (Å²) in [6.07, 6.45) is 7.17. The quantitative estimate of drug-likeness (QED) is 0.342. The zero-order valence-corrected chi connectivity index (χ0v) is 22.8. The van der Waals surface area contributed by atoms with Gasteiger partial charge in [-0.25, -0.2) is 4.39 Å². The molecule has 3 saturated heterocycles. The molecule has 2 aromatic carbocycles. The average molecular weight is 544 g/mol. The van der Waals surface area contributed by atoms with Crippen LogP contribution in [-0.4, -0.2) is 77.0 Å². The molecule has 3 aliphatic rings. The summed E-state index contributed by atoms with van der Waals surface area (Å²) < 4.78 is 28.2. The number of aromatic nitrogens is 3. The van der Waals surface area contributed by atoms with Crippen LogP contribution in [0.1, 0.15) is 32.1 Å². The minimum absolute atomic E-state index is 0.0259. The van der Waals surface area contributed by atoms with Gasteiger partial charge in [0.25, 0.3) is 0 Å². The fraction of sp³-hybridized carbons (Fsp3) is 0.452. The van der Waals surface area contributed by atoms with E-state index in [4.69, 9.17) is 14.5 Å². The molecule has 7 rings (SSSR count).